The number of hydrogen-bond acceptors (Lipinski definition) is 8. The van der Waals surface area contributed by atoms with Gasteiger partial charge in [-0.1, -0.05) is 27.7 Å². The maximum atomic E-state index is 12.9. The number of carbonyl (C=O) groups excluding carboxylic acids is 1. The van der Waals surface area contributed by atoms with Gasteiger partial charge in [0.2, 0.25) is 11.8 Å². The van der Waals surface area contributed by atoms with E-state index in [0.717, 1.165) is 18.2 Å². The zero-order valence-corrected chi connectivity index (χ0v) is 18.8. The van der Waals surface area contributed by atoms with Gasteiger partial charge in [0.05, 0.1) is 25.1 Å². The van der Waals surface area contributed by atoms with Crippen LogP contribution in [0.4, 0.5) is 10.5 Å². The number of nitrogens with zero attached hydrogens (tertiary/aromatic N) is 2. The third kappa shape index (κ3) is 5.41. The zero-order valence-electron chi connectivity index (χ0n) is 17.9. The predicted octanol–water partition coefficient (Wildman–Crippen LogP) is 3.04. The lowest BCUT2D eigenvalue weighted by Crippen LogP contribution is -2.37. The highest BCUT2D eigenvalue weighted by Gasteiger charge is 2.26. The second-order valence-corrected chi connectivity index (χ2v) is 9.11. The maximum Gasteiger partial charge on any atom is 0.332 e. The first-order valence-corrected chi connectivity index (χ1v) is 11.2. The van der Waals surface area contributed by atoms with Crippen LogP contribution in [0.2, 0.25) is 0 Å². The Balaban J connectivity index is 2.34. The van der Waals surface area contributed by atoms with Crippen LogP contribution in [0.25, 0.3) is 0 Å². The molecule has 0 aliphatic carbocycles. The second-order valence-electron chi connectivity index (χ2n) is 7.36. The number of aromatic nitrogens is 1. The lowest BCUT2D eigenvalue weighted by molar-refractivity contribution is 0.256. The number of hydrogen-bond donors (Lipinski definition) is 4. The molecule has 0 fully saturated rings. The Morgan fingerprint density at radius 1 is 1.37 bits per heavy atom. The normalized spacial score (nSPS) is 16.5. The number of urea groups is 1. The Hall–Kier alpha value is -2.82. The van der Waals surface area contributed by atoms with Gasteiger partial charge < -0.3 is 20.5 Å². The number of aliphatic imine (C=N–C) groups is 1. The summed E-state index contributed by atoms with van der Waals surface area (Å²) in [5.41, 5.74) is 7.49. The molecule has 0 spiro atoms. The minimum absolute atomic E-state index is 0.0147. The maximum absolute atomic E-state index is 12.9. The van der Waals surface area contributed by atoms with E-state index < -0.39 is 15.9 Å². The average Bonchev–Trinajstić information content (AvgIpc) is 2.68. The van der Waals surface area contributed by atoms with Crippen LogP contribution in [0.15, 0.2) is 22.2 Å². The fraction of sp³-hybridized carbons (Fsp3) is 0.526. The number of methoxy groups -OCH3 is 1. The third-order valence-electron chi connectivity index (χ3n) is 4.38. The van der Waals surface area contributed by atoms with E-state index in [1.54, 1.807) is 6.07 Å². The fourth-order valence-corrected chi connectivity index (χ4v) is 3.88. The molecule has 1 unspecified atom stereocenters. The molecule has 2 heterocycles. The summed E-state index contributed by atoms with van der Waals surface area (Å²) in [6, 6.07) is 0.932. The van der Waals surface area contributed by atoms with E-state index in [1.807, 2.05) is 27.7 Å². The van der Waals surface area contributed by atoms with Crippen LogP contribution in [-0.4, -0.2) is 41.4 Å². The summed E-state index contributed by atoms with van der Waals surface area (Å²) in [6.45, 7) is 8.69. The van der Waals surface area contributed by atoms with Gasteiger partial charge in [0.25, 0.3) is 0 Å². The summed E-state index contributed by atoms with van der Waals surface area (Å²) < 4.78 is 33.9. The highest BCUT2D eigenvalue weighted by atomic mass is 32.2. The molecule has 10 nitrogen and oxygen atoms in total. The van der Waals surface area contributed by atoms with Crippen molar-refractivity contribution in [2.24, 2.45) is 10.7 Å². The number of pyridine rings is 1. The van der Waals surface area contributed by atoms with Crippen molar-refractivity contribution in [1.29, 1.82) is 4.78 Å². The summed E-state index contributed by atoms with van der Waals surface area (Å²) >= 11 is 0. The van der Waals surface area contributed by atoms with E-state index in [4.69, 9.17) is 20.0 Å². The molecule has 1 aromatic heterocycles. The first-order valence-electron chi connectivity index (χ1n) is 9.66. The van der Waals surface area contributed by atoms with Gasteiger partial charge in [0.1, 0.15) is 4.91 Å². The number of amides is 2. The third-order valence-corrected chi connectivity index (χ3v) is 5.78. The summed E-state index contributed by atoms with van der Waals surface area (Å²) in [5.74, 6) is 0.497. The van der Waals surface area contributed by atoms with Crippen LogP contribution in [0.3, 0.4) is 0 Å². The molecule has 0 bridgehead atoms. The number of carbonyl (C=O) groups is 1. The monoisotopic (exact) mass is 438 g/mol. The van der Waals surface area contributed by atoms with Crippen molar-refractivity contribution in [2.45, 2.75) is 46.0 Å². The van der Waals surface area contributed by atoms with E-state index >= 15 is 0 Å². The molecule has 1 aromatic rings. The lowest BCUT2D eigenvalue weighted by atomic mass is 9.97. The molecule has 2 rings (SSSR count). The van der Waals surface area contributed by atoms with Gasteiger partial charge in [0.15, 0.2) is 9.92 Å². The molecule has 5 N–H and O–H groups in total. The van der Waals surface area contributed by atoms with Crippen LogP contribution in [0, 0.1) is 4.78 Å². The van der Waals surface area contributed by atoms with Crippen LogP contribution in [0.1, 0.15) is 57.2 Å². The first-order chi connectivity index (χ1) is 14.1. The Kier molecular flexibility index (Phi) is 7.65. The summed E-state index contributed by atoms with van der Waals surface area (Å²) in [4.78, 5) is 21.1. The largest absolute Gasteiger partial charge is 0.481 e. The summed E-state index contributed by atoms with van der Waals surface area (Å²) in [7, 11) is -2.27. The Labute approximate surface area is 177 Å². The molecule has 0 saturated heterocycles. The smallest absolute Gasteiger partial charge is 0.332 e. The molecule has 1 aliphatic rings. The Morgan fingerprint density at radius 2 is 2.07 bits per heavy atom. The van der Waals surface area contributed by atoms with E-state index in [1.165, 1.54) is 7.11 Å². The zero-order chi connectivity index (χ0) is 22.5. The number of anilines is 1. The predicted molar refractivity (Wildman–Crippen MR) is 117 cm³/mol. The number of nitrogens with two attached hydrogens (primary N) is 1. The van der Waals surface area contributed by atoms with Crippen molar-refractivity contribution >= 4 is 27.5 Å². The van der Waals surface area contributed by atoms with Gasteiger partial charge in [-0.05, 0) is 17.4 Å². The molecule has 2 amide bonds. The van der Waals surface area contributed by atoms with E-state index in [9.17, 15) is 9.00 Å². The lowest BCUT2D eigenvalue weighted by Gasteiger charge is -2.22. The van der Waals surface area contributed by atoms with Crippen LogP contribution in [-0.2, 0) is 14.7 Å². The molecule has 0 aromatic carbocycles. The van der Waals surface area contributed by atoms with Crippen LogP contribution in [0.5, 0.6) is 5.88 Å². The molecule has 30 heavy (non-hydrogen) atoms. The van der Waals surface area contributed by atoms with Crippen molar-refractivity contribution < 1.29 is 18.5 Å². The SMILES string of the molecule is COc1cc(C(C)C)c(NC(=O)NS(=N)(=O)C(=CN)C2=NCCCO2)c(C(C)C)n1. The van der Waals surface area contributed by atoms with Crippen molar-refractivity contribution in [1.82, 2.24) is 9.71 Å². The van der Waals surface area contributed by atoms with Crippen LogP contribution < -0.4 is 20.5 Å². The molecule has 11 heteroatoms. The van der Waals surface area contributed by atoms with E-state index in [0.29, 0.717) is 30.4 Å². The Bertz CT molecular complexity index is 925. The minimum Gasteiger partial charge on any atom is -0.481 e. The number of rotatable bonds is 7. The van der Waals surface area contributed by atoms with Gasteiger partial charge in [-0.3, -0.25) is 4.99 Å². The molecular formula is C19H30N6O4S. The highest BCUT2D eigenvalue weighted by Crippen LogP contribution is 2.34. The van der Waals surface area contributed by atoms with Gasteiger partial charge in [0, 0.05) is 25.2 Å². The minimum atomic E-state index is -3.80. The van der Waals surface area contributed by atoms with E-state index in [2.05, 4.69) is 20.0 Å². The van der Waals surface area contributed by atoms with Gasteiger partial charge in [-0.25, -0.2) is 23.5 Å². The first kappa shape index (κ1) is 23.5. The fourth-order valence-electron chi connectivity index (χ4n) is 2.90. The second kappa shape index (κ2) is 9.79. The molecule has 1 aliphatic heterocycles. The number of ether oxygens (including phenoxy) is 2. The van der Waals surface area contributed by atoms with Crippen molar-refractivity contribution in [3.8, 4) is 5.88 Å². The van der Waals surface area contributed by atoms with E-state index in [-0.39, 0.29) is 22.6 Å². The number of nitrogens with one attached hydrogen (secondary N) is 3. The van der Waals surface area contributed by atoms with Crippen molar-refractivity contribution in [2.75, 3.05) is 25.6 Å². The highest BCUT2D eigenvalue weighted by molar-refractivity contribution is 7.95. The van der Waals surface area contributed by atoms with Crippen molar-refractivity contribution in [3.05, 3.63) is 28.4 Å². The van der Waals surface area contributed by atoms with Gasteiger partial charge in [-0.15, -0.1) is 0 Å². The average molecular weight is 439 g/mol. The summed E-state index contributed by atoms with van der Waals surface area (Å²) in [5, 5.41) is 2.72. The molecule has 0 radical (unpaired) electrons. The molecular weight excluding hydrogens is 408 g/mol. The van der Waals surface area contributed by atoms with Gasteiger partial charge >= 0.3 is 6.03 Å². The molecule has 1 atom stereocenters. The quantitative estimate of drug-likeness (QED) is 0.513. The summed E-state index contributed by atoms with van der Waals surface area (Å²) in [6.07, 6.45) is 1.70. The molecule has 0 saturated carbocycles. The standard InChI is InChI=1S/C19H30N6O4S/c1-11(2)13-9-15(28-5)23-16(12(3)4)17(13)24-19(26)25-30(21,27)14(10-20)18-22-7-6-8-29-18/h9-12H,6-8,20H2,1-5H3,(H3,21,24,25,26,27). The Morgan fingerprint density at radius 3 is 2.57 bits per heavy atom. The topological polar surface area (TPSA) is 152 Å². The van der Waals surface area contributed by atoms with Gasteiger partial charge in [-0.2, -0.15) is 0 Å². The van der Waals surface area contributed by atoms with Crippen molar-refractivity contribution in [3.63, 3.8) is 0 Å². The van der Waals surface area contributed by atoms with Crippen LogP contribution >= 0.6 is 0 Å². The molecule has 166 valence electrons.